The van der Waals surface area contributed by atoms with Crippen molar-refractivity contribution in [2.45, 2.75) is 26.2 Å². The summed E-state index contributed by atoms with van der Waals surface area (Å²) in [5.41, 5.74) is 0. The van der Waals surface area contributed by atoms with Crippen molar-refractivity contribution >= 4 is 17.5 Å². The van der Waals surface area contributed by atoms with Crippen LogP contribution >= 0.6 is 11.5 Å². The molecule has 2 rings (SSSR count). The molecule has 1 fully saturated rings. The summed E-state index contributed by atoms with van der Waals surface area (Å²) < 4.78 is 9.13. The van der Waals surface area contributed by atoms with Crippen LogP contribution in [0.4, 0.5) is 0 Å². The maximum atomic E-state index is 11.3. The van der Waals surface area contributed by atoms with Gasteiger partial charge < -0.3 is 4.74 Å². The summed E-state index contributed by atoms with van der Waals surface area (Å²) in [6.07, 6.45) is 0.842. The number of ether oxygens (including phenoxy) is 1. The van der Waals surface area contributed by atoms with Crippen molar-refractivity contribution < 1.29 is 9.53 Å². The average molecular weight is 212 g/mol. The maximum absolute atomic E-state index is 11.3. The summed E-state index contributed by atoms with van der Waals surface area (Å²) in [6, 6.07) is 0. The fourth-order valence-electron chi connectivity index (χ4n) is 1.46. The Kier molecular flexibility index (Phi) is 2.50. The summed E-state index contributed by atoms with van der Waals surface area (Å²) in [4.78, 5) is 15.6. The molecule has 0 radical (unpaired) electrons. The Labute approximate surface area is 86.5 Å². The zero-order valence-corrected chi connectivity index (χ0v) is 9.00. The van der Waals surface area contributed by atoms with Crippen molar-refractivity contribution in [3.8, 4) is 0 Å². The summed E-state index contributed by atoms with van der Waals surface area (Å²) >= 11 is 1.39. The van der Waals surface area contributed by atoms with Crippen molar-refractivity contribution in [1.82, 2.24) is 9.36 Å². The topological polar surface area (TPSA) is 52.1 Å². The minimum atomic E-state index is -0.107. The van der Waals surface area contributed by atoms with Gasteiger partial charge in [-0.25, -0.2) is 4.98 Å². The van der Waals surface area contributed by atoms with E-state index >= 15 is 0 Å². The van der Waals surface area contributed by atoms with Crippen LogP contribution in [0.3, 0.4) is 0 Å². The normalized spacial score (nSPS) is 24.7. The second-order valence-corrected chi connectivity index (χ2v) is 4.33. The fraction of sp³-hybridized carbons (Fsp3) is 0.667. The highest BCUT2D eigenvalue weighted by atomic mass is 32.1. The molecule has 1 aromatic heterocycles. The van der Waals surface area contributed by atoms with Gasteiger partial charge in [0.2, 0.25) is 0 Å². The number of rotatable bonds is 3. The van der Waals surface area contributed by atoms with Crippen LogP contribution in [0.5, 0.6) is 0 Å². The predicted molar refractivity (Wildman–Crippen MR) is 52.1 cm³/mol. The van der Waals surface area contributed by atoms with E-state index in [1.165, 1.54) is 11.5 Å². The number of hydrogen-bond acceptors (Lipinski definition) is 5. The lowest BCUT2D eigenvalue weighted by atomic mass is 10.3. The van der Waals surface area contributed by atoms with Crippen LogP contribution in [0.15, 0.2) is 0 Å². The lowest BCUT2D eigenvalue weighted by Crippen LogP contribution is -2.07. The largest absolute Gasteiger partial charge is 0.466 e. The molecule has 0 N–H and O–H groups in total. The number of esters is 1. The summed E-state index contributed by atoms with van der Waals surface area (Å²) in [5, 5.41) is 0.953. The van der Waals surface area contributed by atoms with Gasteiger partial charge in [-0.2, -0.15) is 4.37 Å². The van der Waals surface area contributed by atoms with Crippen molar-refractivity contribution in [3.63, 3.8) is 0 Å². The summed E-state index contributed by atoms with van der Waals surface area (Å²) in [7, 11) is 0. The van der Waals surface area contributed by atoms with E-state index in [0.29, 0.717) is 6.61 Å². The number of hydrogen-bond donors (Lipinski definition) is 0. The van der Waals surface area contributed by atoms with E-state index < -0.39 is 0 Å². The Balaban J connectivity index is 1.96. The molecule has 1 aromatic rings. The Morgan fingerprint density at radius 3 is 3.07 bits per heavy atom. The minimum Gasteiger partial charge on any atom is -0.466 e. The van der Waals surface area contributed by atoms with Gasteiger partial charge >= 0.3 is 5.97 Å². The van der Waals surface area contributed by atoms with E-state index in [1.54, 1.807) is 0 Å². The molecule has 1 aliphatic rings. The number of aromatic nitrogens is 2. The van der Waals surface area contributed by atoms with Gasteiger partial charge in [-0.15, -0.1) is 0 Å². The molecule has 0 unspecified atom stereocenters. The molecule has 1 aliphatic carbocycles. The van der Waals surface area contributed by atoms with Crippen LogP contribution in [-0.2, 0) is 9.53 Å². The smallest absolute Gasteiger partial charge is 0.309 e. The fourth-order valence-corrected chi connectivity index (χ4v) is 1.99. The molecular weight excluding hydrogens is 200 g/mol. The SMILES string of the molecule is CCOC(=O)[C@H]1C[C@@H]1c1nsc(C)n1. The summed E-state index contributed by atoms with van der Waals surface area (Å²) in [5.74, 6) is 0.915. The molecule has 0 amide bonds. The molecule has 0 saturated heterocycles. The maximum Gasteiger partial charge on any atom is 0.309 e. The molecule has 0 aromatic carbocycles. The number of carbonyl (C=O) groups excluding carboxylic acids is 1. The van der Waals surface area contributed by atoms with E-state index in [0.717, 1.165) is 17.3 Å². The Morgan fingerprint density at radius 2 is 2.50 bits per heavy atom. The first-order chi connectivity index (χ1) is 6.72. The zero-order valence-electron chi connectivity index (χ0n) is 8.19. The van der Waals surface area contributed by atoms with Gasteiger partial charge in [0.05, 0.1) is 12.5 Å². The molecule has 14 heavy (non-hydrogen) atoms. The van der Waals surface area contributed by atoms with E-state index in [1.807, 2.05) is 13.8 Å². The number of aryl methyl sites for hydroxylation is 1. The predicted octanol–water partition coefficient (Wildman–Crippen LogP) is 1.51. The monoisotopic (exact) mass is 212 g/mol. The molecule has 2 atom stereocenters. The third-order valence-corrected chi connectivity index (χ3v) is 2.89. The van der Waals surface area contributed by atoms with Gasteiger partial charge in [0.15, 0.2) is 0 Å². The minimum absolute atomic E-state index is 0.00366. The molecule has 0 bridgehead atoms. The van der Waals surface area contributed by atoms with Gasteiger partial charge in [0, 0.05) is 5.92 Å². The van der Waals surface area contributed by atoms with E-state index in [4.69, 9.17) is 4.74 Å². The number of nitrogens with zero attached hydrogens (tertiary/aromatic N) is 2. The molecular formula is C9H12N2O2S. The lowest BCUT2D eigenvalue weighted by molar-refractivity contribution is -0.144. The zero-order chi connectivity index (χ0) is 10.1. The van der Waals surface area contributed by atoms with Gasteiger partial charge in [-0.1, -0.05) is 0 Å². The first kappa shape index (κ1) is 9.58. The van der Waals surface area contributed by atoms with Crippen molar-refractivity contribution in [1.29, 1.82) is 0 Å². The van der Waals surface area contributed by atoms with Gasteiger partial charge in [-0.05, 0) is 31.8 Å². The first-order valence-corrected chi connectivity index (χ1v) is 5.46. The Bertz CT molecular complexity index is 350. The number of carbonyl (C=O) groups is 1. The Morgan fingerprint density at radius 1 is 1.71 bits per heavy atom. The first-order valence-electron chi connectivity index (χ1n) is 4.69. The van der Waals surface area contributed by atoms with Crippen LogP contribution in [0.25, 0.3) is 0 Å². The molecule has 5 heteroatoms. The van der Waals surface area contributed by atoms with E-state index in [2.05, 4.69) is 9.36 Å². The van der Waals surface area contributed by atoms with Gasteiger partial charge in [-0.3, -0.25) is 4.79 Å². The average Bonchev–Trinajstić information content (AvgIpc) is 2.84. The summed E-state index contributed by atoms with van der Waals surface area (Å²) in [6.45, 7) is 4.19. The van der Waals surface area contributed by atoms with Gasteiger partial charge in [0.1, 0.15) is 10.8 Å². The molecule has 0 aliphatic heterocycles. The second kappa shape index (κ2) is 3.65. The third-order valence-electron chi connectivity index (χ3n) is 2.25. The Hall–Kier alpha value is -0.970. The molecule has 76 valence electrons. The highest BCUT2D eigenvalue weighted by Crippen LogP contribution is 2.47. The molecule has 4 nitrogen and oxygen atoms in total. The van der Waals surface area contributed by atoms with E-state index in [-0.39, 0.29) is 17.8 Å². The van der Waals surface area contributed by atoms with Crippen LogP contribution < -0.4 is 0 Å². The third kappa shape index (κ3) is 1.77. The quantitative estimate of drug-likeness (QED) is 0.713. The van der Waals surface area contributed by atoms with Crippen LogP contribution in [0.2, 0.25) is 0 Å². The molecule has 1 heterocycles. The van der Waals surface area contributed by atoms with Crippen LogP contribution in [0, 0.1) is 12.8 Å². The molecule has 1 saturated carbocycles. The molecule has 0 spiro atoms. The van der Waals surface area contributed by atoms with E-state index in [9.17, 15) is 4.79 Å². The van der Waals surface area contributed by atoms with Crippen LogP contribution in [-0.4, -0.2) is 21.9 Å². The standard InChI is InChI=1S/C9H12N2O2S/c1-3-13-9(12)7-4-6(7)8-10-5(2)14-11-8/h6-7H,3-4H2,1-2H3/t6-,7-/m0/s1. The van der Waals surface area contributed by atoms with Crippen molar-refractivity contribution in [3.05, 3.63) is 10.8 Å². The highest BCUT2D eigenvalue weighted by molar-refractivity contribution is 7.05. The highest BCUT2D eigenvalue weighted by Gasteiger charge is 2.47. The van der Waals surface area contributed by atoms with Crippen LogP contribution in [0.1, 0.15) is 30.1 Å². The van der Waals surface area contributed by atoms with Gasteiger partial charge in [0.25, 0.3) is 0 Å². The lowest BCUT2D eigenvalue weighted by Gasteiger charge is -1.98. The second-order valence-electron chi connectivity index (χ2n) is 3.37. The van der Waals surface area contributed by atoms with Crippen molar-refractivity contribution in [2.24, 2.45) is 5.92 Å². The van der Waals surface area contributed by atoms with Crippen molar-refractivity contribution in [2.75, 3.05) is 6.61 Å².